The first-order valence-electron chi connectivity index (χ1n) is 7.72. The lowest BCUT2D eigenvalue weighted by molar-refractivity contribution is -0.147. The maximum Gasteiger partial charge on any atom is 0.329 e. The molecule has 0 fully saturated rings. The van der Waals surface area contributed by atoms with E-state index >= 15 is 0 Å². The fraction of sp³-hybridized carbons (Fsp3) is 0.588. The number of aromatic nitrogens is 1. The van der Waals surface area contributed by atoms with Gasteiger partial charge in [-0.15, -0.1) is 0 Å². The van der Waals surface area contributed by atoms with Crippen molar-refractivity contribution in [1.29, 1.82) is 0 Å². The molecule has 5 nitrogen and oxygen atoms in total. The number of aldehydes is 1. The third-order valence-corrected chi connectivity index (χ3v) is 3.61. The molecule has 0 spiro atoms. The number of hydrogen-bond acceptors (Lipinski definition) is 4. The minimum atomic E-state index is -0.638. The second-order valence-electron chi connectivity index (χ2n) is 5.84. The summed E-state index contributed by atoms with van der Waals surface area (Å²) in [5, 5.41) is 0. The molecule has 0 bridgehead atoms. The highest BCUT2D eigenvalue weighted by molar-refractivity contribution is 5.74. The largest absolute Gasteiger partial charge is 0.464 e. The number of nitrogens with zero attached hydrogens (tertiary/aromatic N) is 1. The summed E-state index contributed by atoms with van der Waals surface area (Å²) in [6.07, 6.45) is 4.00. The summed E-state index contributed by atoms with van der Waals surface area (Å²) in [7, 11) is 0. The standard InChI is InChI=1S/C17H25NO4/c1-5-22-17(21)15(7-6-12(2)3)18-11-14(8-9-19)13(4)10-16(18)20/h9-12,15H,5-8H2,1-4H3. The Morgan fingerprint density at radius 2 is 2.05 bits per heavy atom. The molecule has 1 aromatic heterocycles. The van der Waals surface area contributed by atoms with Crippen LogP contribution in [-0.2, 0) is 20.7 Å². The first-order valence-corrected chi connectivity index (χ1v) is 7.72. The molecular formula is C17H25NO4. The molecule has 0 saturated heterocycles. The normalized spacial score (nSPS) is 12.2. The Morgan fingerprint density at radius 1 is 1.36 bits per heavy atom. The van der Waals surface area contributed by atoms with Gasteiger partial charge in [-0.1, -0.05) is 13.8 Å². The maximum absolute atomic E-state index is 12.3. The lowest BCUT2D eigenvalue weighted by Gasteiger charge is -2.20. The zero-order valence-corrected chi connectivity index (χ0v) is 13.8. The van der Waals surface area contributed by atoms with Gasteiger partial charge < -0.3 is 14.1 Å². The number of esters is 1. The molecule has 0 amide bonds. The molecule has 0 aromatic carbocycles. The zero-order valence-electron chi connectivity index (χ0n) is 13.8. The minimum Gasteiger partial charge on any atom is -0.464 e. The van der Waals surface area contributed by atoms with Crippen molar-refractivity contribution in [2.45, 2.75) is 53.0 Å². The Kier molecular flexibility index (Phi) is 7.02. The monoisotopic (exact) mass is 307 g/mol. The zero-order chi connectivity index (χ0) is 16.7. The van der Waals surface area contributed by atoms with Crippen LogP contribution in [-0.4, -0.2) is 23.4 Å². The molecule has 0 aliphatic rings. The summed E-state index contributed by atoms with van der Waals surface area (Å²) < 4.78 is 6.52. The van der Waals surface area contributed by atoms with Crippen molar-refractivity contribution in [3.8, 4) is 0 Å². The number of carbonyl (C=O) groups excluding carboxylic acids is 2. The van der Waals surface area contributed by atoms with Crippen LogP contribution in [0.5, 0.6) is 0 Å². The van der Waals surface area contributed by atoms with Gasteiger partial charge in [0.15, 0.2) is 0 Å². The Bertz CT molecular complexity index is 575. The van der Waals surface area contributed by atoms with Crippen molar-refractivity contribution in [1.82, 2.24) is 4.57 Å². The molecular weight excluding hydrogens is 282 g/mol. The molecule has 1 unspecified atom stereocenters. The van der Waals surface area contributed by atoms with E-state index in [1.54, 1.807) is 20.0 Å². The van der Waals surface area contributed by atoms with E-state index in [1.807, 2.05) is 0 Å². The summed E-state index contributed by atoms with van der Waals surface area (Å²) in [4.78, 5) is 35.2. The van der Waals surface area contributed by atoms with Crippen molar-refractivity contribution >= 4 is 12.3 Å². The molecule has 0 radical (unpaired) electrons. The third kappa shape index (κ3) is 4.83. The molecule has 1 heterocycles. The summed E-state index contributed by atoms with van der Waals surface area (Å²) in [6, 6.07) is 0.835. The molecule has 0 aliphatic carbocycles. The van der Waals surface area contributed by atoms with Crippen LogP contribution in [0.4, 0.5) is 0 Å². The van der Waals surface area contributed by atoms with Gasteiger partial charge in [-0.05, 0) is 43.7 Å². The lowest BCUT2D eigenvalue weighted by Crippen LogP contribution is -2.31. The van der Waals surface area contributed by atoms with Crippen molar-refractivity contribution in [2.75, 3.05) is 6.61 Å². The van der Waals surface area contributed by atoms with Gasteiger partial charge in [0.25, 0.3) is 5.56 Å². The molecule has 1 rings (SSSR count). The van der Waals surface area contributed by atoms with Gasteiger partial charge in [-0.2, -0.15) is 0 Å². The first-order chi connectivity index (χ1) is 10.4. The van der Waals surface area contributed by atoms with Crippen LogP contribution in [0.15, 0.2) is 17.1 Å². The second kappa shape index (κ2) is 8.51. The van der Waals surface area contributed by atoms with Crippen LogP contribution in [0.25, 0.3) is 0 Å². The summed E-state index contributed by atoms with van der Waals surface area (Å²) >= 11 is 0. The highest BCUT2D eigenvalue weighted by Crippen LogP contribution is 2.19. The second-order valence-corrected chi connectivity index (χ2v) is 5.84. The number of hydrogen-bond donors (Lipinski definition) is 0. The molecule has 0 aliphatic heterocycles. The van der Waals surface area contributed by atoms with Crippen LogP contribution in [0.3, 0.4) is 0 Å². The third-order valence-electron chi connectivity index (χ3n) is 3.61. The van der Waals surface area contributed by atoms with Crippen molar-refractivity contribution < 1.29 is 14.3 Å². The fourth-order valence-corrected chi connectivity index (χ4v) is 2.33. The van der Waals surface area contributed by atoms with Crippen LogP contribution in [0.2, 0.25) is 0 Å². The highest BCUT2D eigenvalue weighted by atomic mass is 16.5. The predicted octanol–water partition coefficient (Wildman–Crippen LogP) is 2.44. The van der Waals surface area contributed by atoms with E-state index in [4.69, 9.17) is 4.74 Å². The Hall–Kier alpha value is -1.91. The van der Waals surface area contributed by atoms with Crippen molar-refractivity contribution in [3.63, 3.8) is 0 Å². The van der Waals surface area contributed by atoms with Crippen molar-refractivity contribution in [3.05, 3.63) is 33.7 Å². The lowest BCUT2D eigenvalue weighted by atomic mass is 10.0. The van der Waals surface area contributed by atoms with E-state index in [9.17, 15) is 14.4 Å². The smallest absolute Gasteiger partial charge is 0.329 e. The molecule has 1 aromatic rings. The molecule has 0 N–H and O–H groups in total. The maximum atomic E-state index is 12.3. The number of ether oxygens (including phenoxy) is 1. The van der Waals surface area contributed by atoms with Crippen LogP contribution < -0.4 is 5.56 Å². The van der Waals surface area contributed by atoms with Crippen LogP contribution in [0.1, 0.15) is 50.8 Å². The van der Waals surface area contributed by atoms with Gasteiger partial charge in [0.2, 0.25) is 0 Å². The predicted molar refractivity (Wildman–Crippen MR) is 84.9 cm³/mol. The topological polar surface area (TPSA) is 65.4 Å². The number of pyridine rings is 1. The van der Waals surface area contributed by atoms with Crippen LogP contribution in [0, 0.1) is 12.8 Å². The number of rotatable bonds is 8. The summed E-state index contributed by atoms with van der Waals surface area (Å²) in [6.45, 7) is 7.94. The first kappa shape index (κ1) is 18.1. The molecule has 0 saturated carbocycles. The molecule has 122 valence electrons. The molecule has 22 heavy (non-hydrogen) atoms. The van der Waals surface area contributed by atoms with Crippen molar-refractivity contribution in [2.24, 2.45) is 5.92 Å². The van der Waals surface area contributed by atoms with Gasteiger partial charge in [0, 0.05) is 18.7 Å². The Morgan fingerprint density at radius 3 is 2.59 bits per heavy atom. The molecule has 5 heteroatoms. The van der Waals surface area contributed by atoms with E-state index < -0.39 is 12.0 Å². The van der Waals surface area contributed by atoms with Gasteiger partial charge >= 0.3 is 5.97 Å². The van der Waals surface area contributed by atoms with Gasteiger partial charge in [0.1, 0.15) is 12.3 Å². The van der Waals surface area contributed by atoms with Gasteiger partial charge in [-0.25, -0.2) is 4.79 Å². The number of carbonyl (C=O) groups is 2. The quantitative estimate of drug-likeness (QED) is 0.546. The Labute approximate surface area is 131 Å². The molecule has 1 atom stereocenters. The number of aryl methyl sites for hydroxylation is 1. The van der Waals surface area contributed by atoms with Gasteiger partial charge in [-0.3, -0.25) is 4.79 Å². The van der Waals surface area contributed by atoms with E-state index in [0.717, 1.165) is 23.8 Å². The van der Waals surface area contributed by atoms with Gasteiger partial charge in [0.05, 0.1) is 6.61 Å². The van der Waals surface area contributed by atoms with E-state index in [-0.39, 0.29) is 18.6 Å². The van der Waals surface area contributed by atoms with E-state index in [2.05, 4.69) is 13.8 Å². The SMILES string of the molecule is CCOC(=O)C(CCC(C)C)n1cc(CC=O)c(C)cc1=O. The van der Waals surface area contributed by atoms with E-state index in [1.165, 1.54) is 10.6 Å². The fourth-order valence-electron chi connectivity index (χ4n) is 2.33. The minimum absolute atomic E-state index is 0.228. The van der Waals surface area contributed by atoms with Crippen LogP contribution >= 0.6 is 0 Å². The summed E-state index contributed by atoms with van der Waals surface area (Å²) in [5.41, 5.74) is 1.28. The average Bonchev–Trinajstić information content (AvgIpc) is 2.43. The Balaban J connectivity index is 3.22. The highest BCUT2D eigenvalue weighted by Gasteiger charge is 2.23. The van der Waals surface area contributed by atoms with E-state index in [0.29, 0.717) is 12.3 Å². The average molecular weight is 307 g/mol. The summed E-state index contributed by atoms with van der Waals surface area (Å²) in [5.74, 6) is 0.0266.